The highest BCUT2D eigenvalue weighted by atomic mass is 79.9. The number of benzene rings is 2. The molecule has 4 aromatic heterocycles. The molecule has 6 aromatic rings. The topological polar surface area (TPSA) is 150 Å². The van der Waals surface area contributed by atoms with Crippen molar-refractivity contribution in [2.24, 2.45) is 11.8 Å². The number of imidazole rings is 2. The monoisotopic (exact) mass is 1320 g/mol. The first-order chi connectivity index (χ1) is 41.1. The number of fused-ring (bicyclic) bond motifs is 4. The minimum absolute atomic E-state index is 0.00126. The van der Waals surface area contributed by atoms with Crippen molar-refractivity contribution in [2.75, 3.05) is 65.4 Å². The van der Waals surface area contributed by atoms with Crippen LogP contribution < -0.4 is 5.32 Å². The van der Waals surface area contributed by atoms with Crippen molar-refractivity contribution in [3.8, 4) is 0 Å². The Bertz CT molecular complexity index is 3150. The van der Waals surface area contributed by atoms with E-state index in [1.807, 2.05) is 87.6 Å². The summed E-state index contributed by atoms with van der Waals surface area (Å²) >= 11 is 20.1. The lowest BCUT2D eigenvalue weighted by Crippen LogP contribution is -2.62. The zero-order chi connectivity index (χ0) is 59.2. The van der Waals surface area contributed by atoms with Crippen molar-refractivity contribution in [2.45, 2.75) is 141 Å². The molecule has 452 valence electrons. The van der Waals surface area contributed by atoms with Gasteiger partial charge in [-0.25, -0.2) is 14.8 Å². The predicted octanol–water partition coefficient (Wildman–Crippen LogP) is 11.4. The standard InChI is InChI=1S/C35H44BrClN6O3.C30H36BrClN6O/c1-35(2,3)46-34(45)43-18-17-42(32-29-9-8-28(37)20-25(29)6-7-26-19-27(36)21-39-31(26)32)22-30(43)33(44)41-14-10-24(11-15-41)5-4-13-40-16-12-38-23-40;31-24-16-23-4-3-22-17-25(32)5-6-26(22)29(28(23)35-18-24)38-15-10-34-27(19-38)30(39)37-12-7-21(8-13-37)2-1-11-36-14-9-33-20-36/h8-9,12,16,19-21,23-24,30,32H,4-7,10-11,13-15,17-18,22H2,1-3H3;5-6,9,14,16-18,20-21,27,29,34H,1-4,7-8,10-13,15,19H2. The largest absolute Gasteiger partial charge is 0.444 e. The average Bonchev–Trinajstić information content (AvgIpc) is 2.70. The number of rotatable bonds is 12. The number of hydrogen-bond acceptors (Lipinski definition) is 11. The first-order valence-electron chi connectivity index (χ1n) is 30.7. The van der Waals surface area contributed by atoms with Crippen LogP contribution in [0.25, 0.3) is 0 Å². The van der Waals surface area contributed by atoms with Gasteiger partial charge < -0.3 is 29.0 Å². The molecule has 4 atom stereocenters. The number of nitrogens with one attached hydrogen (secondary N) is 1. The van der Waals surface area contributed by atoms with Gasteiger partial charge in [-0.3, -0.25) is 34.3 Å². The summed E-state index contributed by atoms with van der Waals surface area (Å²) in [6.45, 7) is 14.4. The van der Waals surface area contributed by atoms with E-state index in [0.29, 0.717) is 56.1 Å². The minimum Gasteiger partial charge on any atom is -0.444 e. The maximum absolute atomic E-state index is 14.4. The van der Waals surface area contributed by atoms with Crippen LogP contribution >= 0.6 is 55.1 Å². The fraction of sp³-hybridized carbons (Fsp3) is 0.523. The van der Waals surface area contributed by atoms with Crippen molar-refractivity contribution in [3.63, 3.8) is 0 Å². The summed E-state index contributed by atoms with van der Waals surface area (Å²) < 4.78 is 12.0. The number of carbonyl (C=O) groups is 3. The van der Waals surface area contributed by atoms with Crippen LogP contribution in [0, 0.1) is 11.8 Å². The molecule has 12 rings (SSSR count). The Hall–Kier alpha value is -5.21. The minimum atomic E-state index is -0.660. The number of piperidine rings is 2. The number of halogens is 4. The van der Waals surface area contributed by atoms with Crippen molar-refractivity contribution in [3.05, 3.63) is 162 Å². The lowest BCUT2D eigenvalue weighted by atomic mass is 9.91. The van der Waals surface area contributed by atoms with Crippen LogP contribution in [0.1, 0.15) is 129 Å². The molecule has 0 radical (unpaired) electrons. The zero-order valence-electron chi connectivity index (χ0n) is 49.2. The fourth-order valence-corrected chi connectivity index (χ4v) is 15.0. The average molecular weight is 1320 g/mol. The Balaban J connectivity index is 0.000000179. The second-order valence-corrected chi connectivity index (χ2v) is 27.7. The Morgan fingerprint density at radius 2 is 1.12 bits per heavy atom. The van der Waals surface area contributed by atoms with Gasteiger partial charge in [0.05, 0.1) is 42.2 Å². The van der Waals surface area contributed by atoms with Gasteiger partial charge in [0.1, 0.15) is 11.6 Å². The van der Waals surface area contributed by atoms with E-state index < -0.39 is 17.7 Å². The van der Waals surface area contributed by atoms with E-state index in [2.05, 4.69) is 107 Å². The van der Waals surface area contributed by atoms with Gasteiger partial charge in [0, 0.05) is 135 Å². The number of piperazine rings is 2. The molecule has 2 aromatic carbocycles. The normalized spacial score (nSPS) is 21.6. The SMILES string of the molecule is CC(C)(C)OC(=O)N1CCN(C2c3ccc(Cl)cc3CCc3cc(Br)cnc32)CC1C(=O)N1CCC(CCCn2ccnc2)CC1.O=C(C1CN(C2c3ccc(Cl)cc3CCc3cc(Br)cnc32)CCN1)N1CCC(CCCn2ccnc2)CC1. The Morgan fingerprint density at radius 3 is 1.61 bits per heavy atom. The van der Waals surface area contributed by atoms with Crippen molar-refractivity contribution in [1.29, 1.82) is 0 Å². The van der Waals surface area contributed by atoms with Crippen LogP contribution in [0.3, 0.4) is 0 Å². The Kier molecular flexibility index (Phi) is 20.1. The van der Waals surface area contributed by atoms with Crippen molar-refractivity contribution < 1.29 is 19.1 Å². The molecular formula is C65H80Br2Cl2N12O4. The van der Waals surface area contributed by atoms with E-state index in [-0.39, 0.29) is 29.9 Å². The van der Waals surface area contributed by atoms with E-state index in [0.717, 1.165) is 141 Å². The van der Waals surface area contributed by atoms with Crippen molar-refractivity contribution >= 4 is 73.0 Å². The van der Waals surface area contributed by atoms with Crippen LogP contribution in [-0.4, -0.2) is 155 Å². The van der Waals surface area contributed by atoms with Crippen LogP contribution in [0.15, 0.2) is 107 Å². The maximum Gasteiger partial charge on any atom is 0.411 e. The molecule has 8 heterocycles. The van der Waals surface area contributed by atoms with E-state index in [1.54, 1.807) is 4.90 Å². The quantitative estimate of drug-likeness (QED) is 0.125. The van der Waals surface area contributed by atoms with Crippen molar-refractivity contribution in [1.82, 2.24) is 58.9 Å². The van der Waals surface area contributed by atoms with Gasteiger partial charge in [0.25, 0.3) is 0 Å². The first kappa shape index (κ1) is 61.4. The molecule has 6 aliphatic rings. The highest BCUT2D eigenvalue weighted by Gasteiger charge is 2.44. The summed E-state index contributed by atoms with van der Waals surface area (Å²) in [4.78, 5) is 70.3. The third-order valence-electron chi connectivity index (χ3n) is 18.2. The molecule has 4 aliphatic heterocycles. The lowest BCUT2D eigenvalue weighted by molar-refractivity contribution is -0.141. The Labute approximate surface area is 527 Å². The van der Waals surface area contributed by atoms with Gasteiger partial charge in [-0.15, -0.1) is 0 Å². The van der Waals surface area contributed by atoms with Crippen LogP contribution in [-0.2, 0) is 53.1 Å². The van der Waals surface area contributed by atoms with Gasteiger partial charge in [-0.1, -0.05) is 35.3 Å². The number of likely N-dealkylation sites (tertiary alicyclic amines) is 2. The summed E-state index contributed by atoms with van der Waals surface area (Å²) in [5.41, 5.74) is 8.77. The smallest absolute Gasteiger partial charge is 0.411 e. The number of nitrogens with zero attached hydrogens (tertiary/aromatic N) is 11. The number of aryl methyl sites for hydroxylation is 6. The molecule has 0 saturated carbocycles. The van der Waals surface area contributed by atoms with Gasteiger partial charge in [0.2, 0.25) is 11.8 Å². The highest BCUT2D eigenvalue weighted by Crippen LogP contribution is 2.41. The van der Waals surface area contributed by atoms with E-state index in [1.165, 1.54) is 34.2 Å². The summed E-state index contributed by atoms with van der Waals surface area (Å²) in [5.74, 6) is 1.53. The fourth-order valence-electron chi connectivity index (χ4n) is 13.8. The number of carbonyl (C=O) groups excluding carboxylic acids is 3. The number of ether oxygens (including phenoxy) is 1. The number of hydrogen-bond donors (Lipinski definition) is 1. The summed E-state index contributed by atoms with van der Waals surface area (Å²) in [6.07, 6.45) is 27.0. The second kappa shape index (κ2) is 27.9. The zero-order valence-corrected chi connectivity index (χ0v) is 53.9. The first-order valence-corrected chi connectivity index (χ1v) is 33.0. The third-order valence-corrected chi connectivity index (χ3v) is 19.5. The van der Waals surface area contributed by atoms with Gasteiger partial charge in [0.15, 0.2) is 0 Å². The van der Waals surface area contributed by atoms with Crippen LogP contribution in [0.4, 0.5) is 4.79 Å². The van der Waals surface area contributed by atoms with E-state index in [4.69, 9.17) is 37.9 Å². The molecular weight excluding hydrogens is 1240 g/mol. The number of pyridine rings is 2. The molecule has 4 fully saturated rings. The maximum atomic E-state index is 14.4. The van der Waals surface area contributed by atoms with Crippen LogP contribution in [0.5, 0.6) is 0 Å². The highest BCUT2D eigenvalue weighted by molar-refractivity contribution is 9.10. The summed E-state index contributed by atoms with van der Waals surface area (Å²) in [6, 6.07) is 15.7. The van der Waals surface area contributed by atoms with Gasteiger partial charge in [-0.2, -0.15) is 0 Å². The van der Waals surface area contributed by atoms with E-state index >= 15 is 0 Å². The van der Waals surface area contributed by atoms with Gasteiger partial charge >= 0.3 is 6.09 Å². The summed E-state index contributed by atoms with van der Waals surface area (Å²) in [7, 11) is 0. The molecule has 0 spiro atoms. The van der Waals surface area contributed by atoms with E-state index in [9.17, 15) is 14.4 Å². The summed E-state index contributed by atoms with van der Waals surface area (Å²) in [5, 5.41) is 5.02. The molecule has 16 nitrogen and oxygen atoms in total. The molecule has 85 heavy (non-hydrogen) atoms. The molecule has 20 heteroatoms. The third kappa shape index (κ3) is 15.2. The molecule has 0 bridgehead atoms. The number of amides is 3. The second-order valence-electron chi connectivity index (χ2n) is 25.0. The predicted molar refractivity (Wildman–Crippen MR) is 338 cm³/mol. The Morgan fingerprint density at radius 1 is 0.624 bits per heavy atom. The van der Waals surface area contributed by atoms with Crippen LogP contribution in [0.2, 0.25) is 10.0 Å². The molecule has 3 amide bonds. The molecule has 4 saturated heterocycles. The molecule has 2 aliphatic carbocycles. The molecule has 1 N–H and O–H groups in total. The molecule has 4 unspecified atom stereocenters. The van der Waals surface area contributed by atoms with Gasteiger partial charge in [-0.05, 0) is 211 Å². The number of aromatic nitrogens is 6. The lowest BCUT2D eigenvalue weighted by Gasteiger charge is -2.45.